The molecule has 10 heteroatoms. The van der Waals surface area contributed by atoms with Crippen LogP contribution in [0.15, 0.2) is 47.4 Å². The molecule has 0 aliphatic heterocycles. The number of benzene rings is 2. The molecule has 1 N–H and O–H groups in total. The number of hydrogen-bond donors (Lipinski definition) is 1. The summed E-state index contributed by atoms with van der Waals surface area (Å²) in [6.45, 7) is 0.808. The van der Waals surface area contributed by atoms with E-state index in [1.54, 1.807) is 0 Å². The third kappa shape index (κ3) is 5.74. The number of nitro benzene ring substituents is 1. The van der Waals surface area contributed by atoms with Crippen LogP contribution in [0.25, 0.3) is 0 Å². The van der Waals surface area contributed by atoms with Gasteiger partial charge in [-0.25, -0.2) is 4.79 Å². The number of carbonyl (C=O) groups is 2. The second kappa shape index (κ2) is 9.08. The van der Waals surface area contributed by atoms with Crippen molar-refractivity contribution in [2.24, 2.45) is 0 Å². The minimum atomic E-state index is -2.54. The first-order chi connectivity index (χ1) is 12.8. The molecule has 2 aromatic rings. The van der Waals surface area contributed by atoms with Gasteiger partial charge in [0, 0.05) is 22.2 Å². The summed E-state index contributed by atoms with van der Waals surface area (Å²) in [5, 5.41) is 13.3. The zero-order chi connectivity index (χ0) is 20.0. The van der Waals surface area contributed by atoms with Crippen LogP contribution in [0.1, 0.15) is 15.9 Å². The van der Waals surface area contributed by atoms with Crippen molar-refractivity contribution in [1.82, 2.24) is 0 Å². The molecule has 0 unspecified atom stereocenters. The maximum Gasteiger partial charge on any atom is 0.339 e. The number of esters is 1. The highest BCUT2D eigenvalue weighted by Crippen LogP contribution is 2.26. The summed E-state index contributed by atoms with van der Waals surface area (Å²) in [4.78, 5) is 34.5. The van der Waals surface area contributed by atoms with E-state index in [9.17, 15) is 28.5 Å². The van der Waals surface area contributed by atoms with Crippen LogP contribution in [0, 0.1) is 17.0 Å². The van der Waals surface area contributed by atoms with E-state index in [2.05, 4.69) is 5.32 Å². The Morgan fingerprint density at radius 2 is 1.89 bits per heavy atom. The topological polar surface area (TPSA) is 98.5 Å². The first kappa shape index (κ1) is 20.3. The molecule has 0 atom stereocenters. The fraction of sp³-hybridized carbons (Fsp3) is 0.176. The maximum atomic E-state index is 12.3. The van der Waals surface area contributed by atoms with Crippen LogP contribution in [0.2, 0.25) is 0 Å². The largest absolute Gasteiger partial charge is 0.452 e. The van der Waals surface area contributed by atoms with Gasteiger partial charge >= 0.3 is 5.97 Å². The number of amides is 1. The molecular formula is C17H14F2N2O5S. The second-order valence-corrected chi connectivity index (χ2v) is 6.30. The van der Waals surface area contributed by atoms with Crippen LogP contribution in [-0.2, 0) is 9.53 Å². The average Bonchev–Trinajstić information content (AvgIpc) is 2.61. The number of halogens is 2. The maximum absolute atomic E-state index is 12.3. The summed E-state index contributed by atoms with van der Waals surface area (Å²) in [5.74, 6) is -4.04. The molecule has 7 nitrogen and oxygen atoms in total. The molecular weight excluding hydrogens is 382 g/mol. The van der Waals surface area contributed by atoms with Gasteiger partial charge in [0.2, 0.25) is 0 Å². The van der Waals surface area contributed by atoms with Crippen molar-refractivity contribution < 1.29 is 28.0 Å². The van der Waals surface area contributed by atoms with Gasteiger partial charge in [-0.3, -0.25) is 14.9 Å². The van der Waals surface area contributed by atoms with Crippen LogP contribution in [-0.4, -0.2) is 29.2 Å². The lowest BCUT2D eigenvalue weighted by atomic mass is 10.1. The molecule has 0 aliphatic carbocycles. The summed E-state index contributed by atoms with van der Waals surface area (Å²) < 4.78 is 29.4. The molecule has 0 radical (unpaired) electrons. The Hall–Kier alpha value is -3.01. The Bertz CT molecular complexity index is 859. The molecule has 2 aromatic carbocycles. The van der Waals surface area contributed by atoms with Gasteiger partial charge in [0.05, 0.1) is 10.5 Å². The lowest BCUT2D eigenvalue weighted by Crippen LogP contribution is -2.21. The fourth-order valence-corrected chi connectivity index (χ4v) is 2.67. The summed E-state index contributed by atoms with van der Waals surface area (Å²) >= 11 is 0.379. The molecule has 0 bridgehead atoms. The van der Waals surface area contributed by atoms with Crippen LogP contribution in [0.5, 0.6) is 0 Å². The van der Waals surface area contributed by atoms with Gasteiger partial charge in [-0.1, -0.05) is 17.8 Å². The first-order valence-corrected chi connectivity index (χ1v) is 8.41. The molecule has 0 spiro atoms. The Balaban J connectivity index is 1.93. The van der Waals surface area contributed by atoms with Crippen molar-refractivity contribution in [3.05, 3.63) is 63.7 Å². The summed E-state index contributed by atoms with van der Waals surface area (Å²) in [5.41, 5.74) is 0.252. The van der Waals surface area contributed by atoms with Gasteiger partial charge in [-0.15, -0.1) is 0 Å². The number of hydrogen-bond acceptors (Lipinski definition) is 6. The van der Waals surface area contributed by atoms with Crippen LogP contribution in [0.3, 0.4) is 0 Å². The van der Waals surface area contributed by atoms with Gasteiger partial charge in [0.1, 0.15) is 0 Å². The molecule has 1 amide bonds. The summed E-state index contributed by atoms with van der Waals surface area (Å²) in [6, 6.07) is 9.69. The van der Waals surface area contributed by atoms with Gasteiger partial charge in [0.25, 0.3) is 17.4 Å². The molecule has 2 rings (SSSR count). The van der Waals surface area contributed by atoms with E-state index < -0.39 is 29.2 Å². The molecule has 0 saturated heterocycles. The third-order valence-corrected chi connectivity index (χ3v) is 4.14. The van der Waals surface area contributed by atoms with E-state index in [4.69, 9.17) is 4.74 Å². The Morgan fingerprint density at radius 1 is 1.22 bits per heavy atom. The van der Waals surface area contributed by atoms with Crippen molar-refractivity contribution in [3.63, 3.8) is 0 Å². The van der Waals surface area contributed by atoms with E-state index in [0.29, 0.717) is 22.3 Å². The highest BCUT2D eigenvalue weighted by molar-refractivity contribution is 7.99. The minimum absolute atomic E-state index is 0.00891. The minimum Gasteiger partial charge on any atom is -0.452 e. The van der Waals surface area contributed by atoms with Crippen molar-refractivity contribution in [3.8, 4) is 0 Å². The Kier molecular flexibility index (Phi) is 6.83. The molecule has 0 heterocycles. The number of nitrogens with zero attached hydrogens (tertiary/aromatic N) is 1. The standard InChI is InChI=1S/C17H14F2N2O5S/c1-10-13(3-2-4-14(10)21(24)25)16(23)26-9-15(22)20-11-5-7-12(8-6-11)27-17(18)19/h2-8,17H,9H2,1H3,(H,20,22). The van der Waals surface area contributed by atoms with E-state index >= 15 is 0 Å². The zero-order valence-corrected chi connectivity index (χ0v) is 14.8. The second-order valence-electron chi connectivity index (χ2n) is 5.23. The van der Waals surface area contributed by atoms with Gasteiger partial charge < -0.3 is 10.1 Å². The van der Waals surface area contributed by atoms with E-state index in [-0.39, 0.29) is 16.8 Å². The van der Waals surface area contributed by atoms with Crippen LogP contribution in [0.4, 0.5) is 20.2 Å². The highest BCUT2D eigenvalue weighted by Gasteiger charge is 2.19. The van der Waals surface area contributed by atoms with Crippen molar-refractivity contribution in [2.45, 2.75) is 17.6 Å². The number of anilines is 1. The molecule has 27 heavy (non-hydrogen) atoms. The predicted molar refractivity (Wildman–Crippen MR) is 95.0 cm³/mol. The average molecular weight is 396 g/mol. The fourth-order valence-electron chi connectivity index (χ4n) is 2.17. The van der Waals surface area contributed by atoms with Crippen LogP contribution >= 0.6 is 11.8 Å². The number of ether oxygens (including phenoxy) is 1. The lowest BCUT2D eigenvalue weighted by molar-refractivity contribution is -0.385. The number of alkyl halides is 2. The van der Waals surface area contributed by atoms with E-state index in [1.165, 1.54) is 49.4 Å². The number of carbonyl (C=O) groups excluding carboxylic acids is 2. The predicted octanol–water partition coefficient (Wildman–Crippen LogP) is 4.01. The Morgan fingerprint density at radius 3 is 2.48 bits per heavy atom. The Labute approximate surface area is 156 Å². The third-order valence-electron chi connectivity index (χ3n) is 3.42. The number of nitrogens with one attached hydrogen (secondary N) is 1. The molecule has 0 aromatic heterocycles. The van der Waals surface area contributed by atoms with E-state index in [1.807, 2.05) is 0 Å². The van der Waals surface area contributed by atoms with Gasteiger partial charge in [-0.2, -0.15) is 8.78 Å². The van der Waals surface area contributed by atoms with Crippen molar-refractivity contribution >= 4 is 35.0 Å². The smallest absolute Gasteiger partial charge is 0.339 e. The summed E-state index contributed by atoms with van der Waals surface area (Å²) in [7, 11) is 0. The van der Waals surface area contributed by atoms with Gasteiger partial charge in [0.15, 0.2) is 6.61 Å². The van der Waals surface area contributed by atoms with Crippen molar-refractivity contribution in [2.75, 3.05) is 11.9 Å². The molecule has 142 valence electrons. The molecule has 0 saturated carbocycles. The highest BCUT2D eigenvalue weighted by atomic mass is 32.2. The van der Waals surface area contributed by atoms with E-state index in [0.717, 1.165) is 0 Å². The summed E-state index contributed by atoms with van der Waals surface area (Å²) in [6.07, 6.45) is 0. The normalized spacial score (nSPS) is 10.5. The number of rotatable bonds is 7. The van der Waals surface area contributed by atoms with Crippen LogP contribution < -0.4 is 5.32 Å². The molecule has 0 fully saturated rings. The zero-order valence-electron chi connectivity index (χ0n) is 14.0. The SMILES string of the molecule is Cc1c(C(=O)OCC(=O)Nc2ccc(SC(F)F)cc2)cccc1[N+](=O)[O-]. The first-order valence-electron chi connectivity index (χ1n) is 7.54. The van der Waals surface area contributed by atoms with Gasteiger partial charge in [-0.05, 0) is 37.3 Å². The molecule has 0 aliphatic rings. The quantitative estimate of drug-likeness (QED) is 0.329. The van der Waals surface area contributed by atoms with Crippen molar-refractivity contribution in [1.29, 1.82) is 0 Å². The monoisotopic (exact) mass is 396 g/mol. The number of thioether (sulfide) groups is 1. The number of nitro groups is 1. The lowest BCUT2D eigenvalue weighted by Gasteiger charge is -2.09.